The number of β-amino-alcohol motifs (C(OH)–C–C–N with tert-alkyl or cyclic N) is 1. The summed E-state index contributed by atoms with van der Waals surface area (Å²) in [4.78, 5) is 16.5. The molecule has 4 nitrogen and oxygen atoms in total. The van der Waals surface area contributed by atoms with Gasteiger partial charge in [0.25, 0.3) is 0 Å². The number of hydrogen-bond donors (Lipinski definition) is 1. The first-order valence-corrected chi connectivity index (χ1v) is 7.67. The van der Waals surface area contributed by atoms with Crippen LogP contribution >= 0.6 is 23.2 Å². The molecular weight excluding hydrogens is 311 g/mol. The first-order valence-electron chi connectivity index (χ1n) is 6.92. The van der Waals surface area contributed by atoms with Gasteiger partial charge >= 0.3 is 0 Å². The molecule has 2 rings (SSSR count). The Labute approximate surface area is 135 Å². The predicted octanol–water partition coefficient (Wildman–Crippen LogP) is 2.17. The number of benzene rings is 1. The summed E-state index contributed by atoms with van der Waals surface area (Å²) >= 11 is 11.8. The summed E-state index contributed by atoms with van der Waals surface area (Å²) in [6.45, 7) is 1.64. The second kappa shape index (κ2) is 7.07. The number of halogens is 2. The Balaban J connectivity index is 2.05. The Morgan fingerprint density at radius 2 is 2.10 bits per heavy atom. The van der Waals surface area contributed by atoms with Gasteiger partial charge in [-0.2, -0.15) is 0 Å². The monoisotopic (exact) mass is 330 g/mol. The van der Waals surface area contributed by atoms with E-state index < -0.39 is 0 Å². The van der Waals surface area contributed by atoms with E-state index >= 15 is 0 Å². The van der Waals surface area contributed by atoms with E-state index in [2.05, 4.69) is 4.90 Å². The summed E-state index contributed by atoms with van der Waals surface area (Å²) in [7, 11) is 3.98. The molecule has 1 aliphatic heterocycles. The van der Waals surface area contributed by atoms with Gasteiger partial charge in [0, 0.05) is 24.7 Å². The van der Waals surface area contributed by atoms with E-state index in [-0.39, 0.29) is 24.5 Å². The molecule has 0 bridgehead atoms. The molecule has 0 spiro atoms. The van der Waals surface area contributed by atoms with Crippen LogP contribution in [0, 0.1) is 0 Å². The van der Waals surface area contributed by atoms with Gasteiger partial charge in [-0.15, -0.1) is 0 Å². The topological polar surface area (TPSA) is 43.8 Å². The summed E-state index contributed by atoms with van der Waals surface area (Å²) < 4.78 is 0. The van der Waals surface area contributed by atoms with Crippen LogP contribution in [0.1, 0.15) is 16.8 Å². The van der Waals surface area contributed by atoms with Crippen LogP contribution in [0.5, 0.6) is 0 Å². The van der Waals surface area contributed by atoms with Gasteiger partial charge in [-0.1, -0.05) is 23.2 Å². The van der Waals surface area contributed by atoms with Crippen molar-refractivity contribution in [3.63, 3.8) is 0 Å². The third-order valence-electron chi connectivity index (χ3n) is 3.67. The highest BCUT2D eigenvalue weighted by Crippen LogP contribution is 2.24. The maximum Gasteiger partial charge on any atom is 0.176 e. The van der Waals surface area contributed by atoms with E-state index in [4.69, 9.17) is 23.2 Å². The Morgan fingerprint density at radius 3 is 2.71 bits per heavy atom. The molecule has 1 N–H and O–H groups in total. The van der Waals surface area contributed by atoms with Crippen LogP contribution in [-0.2, 0) is 0 Å². The molecule has 1 heterocycles. The summed E-state index contributed by atoms with van der Waals surface area (Å²) in [5.41, 5.74) is 0.550. The number of aliphatic hydroxyl groups is 1. The Bertz CT molecular complexity index is 522. The number of Topliss-reactive ketones (excluding diaryl/α,β-unsaturated/α-hetero) is 1. The lowest BCUT2D eigenvalue weighted by Crippen LogP contribution is -2.40. The minimum Gasteiger partial charge on any atom is -0.392 e. The maximum absolute atomic E-state index is 12.4. The molecule has 1 aliphatic rings. The van der Waals surface area contributed by atoms with E-state index in [1.165, 1.54) is 0 Å². The number of nitrogens with zero attached hydrogens (tertiary/aromatic N) is 2. The second-order valence-corrected chi connectivity index (χ2v) is 6.60. The third-order valence-corrected chi connectivity index (χ3v) is 4.41. The quantitative estimate of drug-likeness (QED) is 0.840. The van der Waals surface area contributed by atoms with Crippen LogP contribution in [0.15, 0.2) is 18.2 Å². The van der Waals surface area contributed by atoms with Crippen molar-refractivity contribution in [2.24, 2.45) is 0 Å². The number of likely N-dealkylation sites (tertiary alicyclic amines) is 1. The highest BCUT2D eigenvalue weighted by molar-refractivity contribution is 6.42. The number of carbonyl (C=O) groups is 1. The predicted molar refractivity (Wildman–Crippen MR) is 85.3 cm³/mol. The Kier molecular flexibility index (Phi) is 5.63. The van der Waals surface area contributed by atoms with Crippen molar-refractivity contribution in [1.82, 2.24) is 9.80 Å². The van der Waals surface area contributed by atoms with E-state index in [1.54, 1.807) is 18.2 Å². The second-order valence-electron chi connectivity index (χ2n) is 5.79. The van der Waals surface area contributed by atoms with Gasteiger partial charge in [0.15, 0.2) is 5.78 Å². The molecule has 21 heavy (non-hydrogen) atoms. The lowest BCUT2D eigenvalue weighted by Gasteiger charge is -2.26. The van der Waals surface area contributed by atoms with Gasteiger partial charge in [0.1, 0.15) is 0 Å². The number of carbonyl (C=O) groups excluding carboxylic acids is 1. The highest BCUT2D eigenvalue weighted by Gasteiger charge is 2.32. The Morgan fingerprint density at radius 1 is 1.38 bits per heavy atom. The van der Waals surface area contributed by atoms with Crippen molar-refractivity contribution in [1.29, 1.82) is 0 Å². The van der Waals surface area contributed by atoms with E-state index in [9.17, 15) is 9.90 Å². The standard InChI is InChI=1S/C15H20Cl2N2O2/c1-18(2)7-11-6-12(20)8-19(11)9-15(21)10-3-4-13(16)14(17)5-10/h3-5,11-12,20H,6-9H2,1-2H3. The first-order chi connectivity index (χ1) is 9.86. The minimum absolute atomic E-state index is 0.00794. The molecule has 116 valence electrons. The zero-order chi connectivity index (χ0) is 15.6. The number of rotatable bonds is 5. The van der Waals surface area contributed by atoms with Crippen molar-refractivity contribution in [2.75, 3.05) is 33.7 Å². The van der Waals surface area contributed by atoms with Gasteiger partial charge in [0.05, 0.1) is 22.7 Å². The molecule has 6 heteroatoms. The summed E-state index contributed by atoms with van der Waals surface area (Å²) in [5, 5.41) is 10.7. The zero-order valence-electron chi connectivity index (χ0n) is 12.2. The molecule has 0 saturated carbocycles. The number of hydrogen-bond acceptors (Lipinski definition) is 4. The lowest BCUT2D eigenvalue weighted by molar-refractivity contribution is 0.0902. The van der Waals surface area contributed by atoms with Gasteiger partial charge in [-0.3, -0.25) is 9.69 Å². The molecule has 0 radical (unpaired) electrons. The normalized spacial score (nSPS) is 23.0. The molecule has 1 saturated heterocycles. The van der Waals surface area contributed by atoms with Gasteiger partial charge < -0.3 is 10.0 Å². The average molecular weight is 331 g/mol. The molecule has 1 aromatic rings. The van der Waals surface area contributed by atoms with Crippen LogP contribution in [0.3, 0.4) is 0 Å². The van der Waals surface area contributed by atoms with Gasteiger partial charge in [-0.05, 0) is 38.7 Å². The van der Waals surface area contributed by atoms with Crippen LogP contribution in [0.2, 0.25) is 10.0 Å². The van der Waals surface area contributed by atoms with E-state index in [0.717, 1.165) is 6.54 Å². The fourth-order valence-electron chi connectivity index (χ4n) is 2.71. The molecule has 0 amide bonds. The molecule has 1 aromatic carbocycles. The van der Waals surface area contributed by atoms with Gasteiger partial charge in [0.2, 0.25) is 0 Å². The molecule has 0 aromatic heterocycles. The summed E-state index contributed by atoms with van der Waals surface area (Å²) in [5.74, 6) is -0.00794. The minimum atomic E-state index is -0.364. The van der Waals surface area contributed by atoms with Gasteiger partial charge in [-0.25, -0.2) is 0 Å². The van der Waals surface area contributed by atoms with E-state index in [0.29, 0.717) is 28.6 Å². The SMILES string of the molecule is CN(C)CC1CC(O)CN1CC(=O)c1ccc(Cl)c(Cl)c1. The molecule has 0 aliphatic carbocycles. The first kappa shape index (κ1) is 16.7. The molecular formula is C15H20Cl2N2O2. The van der Waals surface area contributed by atoms with Crippen LogP contribution in [-0.4, -0.2) is 66.6 Å². The highest BCUT2D eigenvalue weighted by atomic mass is 35.5. The van der Waals surface area contributed by atoms with E-state index in [1.807, 2.05) is 19.0 Å². The third kappa shape index (κ3) is 4.41. The van der Waals surface area contributed by atoms with Crippen molar-refractivity contribution >= 4 is 29.0 Å². The number of ketones is 1. The van der Waals surface area contributed by atoms with Crippen molar-refractivity contribution < 1.29 is 9.90 Å². The molecule has 1 fully saturated rings. The van der Waals surface area contributed by atoms with Crippen LogP contribution in [0.4, 0.5) is 0 Å². The summed E-state index contributed by atoms with van der Waals surface area (Å²) in [6, 6.07) is 5.11. The fourth-order valence-corrected chi connectivity index (χ4v) is 3.01. The molecule has 2 unspecified atom stereocenters. The maximum atomic E-state index is 12.4. The van der Waals surface area contributed by atoms with Crippen LogP contribution < -0.4 is 0 Å². The van der Waals surface area contributed by atoms with Crippen molar-refractivity contribution in [3.05, 3.63) is 33.8 Å². The zero-order valence-corrected chi connectivity index (χ0v) is 13.7. The smallest absolute Gasteiger partial charge is 0.176 e. The fraction of sp³-hybridized carbons (Fsp3) is 0.533. The summed E-state index contributed by atoms with van der Waals surface area (Å²) in [6.07, 6.45) is 0.337. The van der Waals surface area contributed by atoms with Crippen molar-refractivity contribution in [3.8, 4) is 0 Å². The number of aliphatic hydroxyl groups excluding tert-OH is 1. The van der Waals surface area contributed by atoms with Crippen molar-refractivity contribution in [2.45, 2.75) is 18.6 Å². The molecule has 2 atom stereocenters. The van der Waals surface area contributed by atoms with Crippen LogP contribution in [0.25, 0.3) is 0 Å². The average Bonchev–Trinajstić information content (AvgIpc) is 2.71. The number of likely N-dealkylation sites (N-methyl/N-ethyl adjacent to an activating group) is 1. The largest absolute Gasteiger partial charge is 0.392 e. The lowest BCUT2D eigenvalue weighted by atomic mass is 10.1. The Hall–Kier alpha value is -0.650.